The van der Waals surface area contributed by atoms with Crippen LogP contribution < -0.4 is 15.8 Å². The molecule has 1 fully saturated rings. The van der Waals surface area contributed by atoms with Gasteiger partial charge in [0.1, 0.15) is 11.5 Å². The van der Waals surface area contributed by atoms with E-state index in [-0.39, 0.29) is 12.0 Å². The summed E-state index contributed by atoms with van der Waals surface area (Å²) >= 11 is 0. The molecule has 0 unspecified atom stereocenters. The van der Waals surface area contributed by atoms with Crippen molar-refractivity contribution < 1.29 is 14.4 Å². The van der Waals surface area contributed by atoms with Crippen LogP contribution in [0.5, 0.6) is 0 Å². The second-order valence-electron chi connectivity index (χ2n) is 8.46. The fraction of sp³-hybridized carbons (Fsp3) is 0.261. The van der Waals surface area contributed by atoms with E-state index in [0.717, 1.165) is 16.0 Å². The molecule has 1 spiro atoms. The van der Waals surface area contributed by atoms with Gasteiger partial charge in [0, 0.05) is 26.2 Å². The van der Waals surface area contributed by atoms with Crippen molar-refractivity contribution >= 4 is 29.3 Å². The number of nitrogens with one attached hydrogen (secondary N) is 1. The number of hydrogen-bond acceptors (Lipinski definition) is 6. The molecule has 32 heavy (non-hydrogen) atoms. The number of anilines is 1. The number of amides is 4. The van der Waals surface area contributed by atoms with Gasteiger partial charge in [-0.3, -0.25) is 29.0 Å². The fourth-order valence-corrected chi connectivity index (χ4v) is 5.39. The number of imide groups is 2. The molecule has 0 bridgehead atoms. The Bertz CT molecular complexity index is 1410. The minimum absolute atomic E-state index is 0.135. The topological polar surface area (TPSA) is 104 Å². The van der Waals surface area contributed by atoms with Crippen LogP contribution in [0.2, 0.25) is 0 Å². The summed E-state index contributed by atoms with van der Waals surface area (Å²) in [6.07, 6.45) is 2.17. The van der Waals surface area contributed by atoms with Crippen LogP contribution in [-0.2, 0) is 22.4 Å². The second-order valence-corrected chi connectivity index (χ2v) is 8.46. The Hall–Kier alpha value is -4.01. The number of pyridine rings is 1. The molecule has 4 amide bonds. The molecule has 3 aliphatic heterocycles. The number of aromatic nitrogens is 2. The third-order valence-electron chi connectivity index (χ3n) is 6.90. The molecule has 5 heterocycles. The van der Waals surface area contributed by atoms with Crippen molar-refractivity contribution in [3.05, 3.63) is 75.7 Å². The van der Waals surface area contributed by atoms with Crippen molar-refractivity contribution in [1.82, 2.24) is 19.6 Å². The predicted octanol–water partition coefficient (Wildman–Crippen LogP) is 1.05. The van der Waals surface area contributed by atoms with Gasteiger partial charge < -0.3 is 4.90 Å². The number of carbonyl (C=O) groups is 3. The molecule has 9 nitrogen and oxygen atoms in total. The predicted molar refractivity (Wildman–Crippen MR) is 114 cm³/mol. The molecule has 2 atom stereocenters. The van der Waals surface area contributed by atoms with Gasteiger partial charge >= 0.3 is 6.03 Å². The lowest BCUT2D eigenvalue weighted by molar-refractivity contribution is -0.153. The first-order valence-corrected chi connectivity index (χ1v) is 10.4. The summed E-state index contributed by atoms with van der Waals surface area (Å²) in [5.41, 5.74) is 0.699. The third-order valence-corrected chi connectivity index (χ3v) is 6.90. The van der Waals surface area contributed by atoms with Crippen LogP contribution in [0.4, 0.5) is 10.6 Å². The lowest BCUT2D eigenvalue weighted by Gasteiger charge is -2.52. The minimum Gasteiger partial charge on any atom is -0.347 e. The van der Waals surface area contributed by atoms with Gasteiger partial charge in [0.2, 0.25) is 11.8 Å². The van der Waals surface area contributed by atoms with Gasteiger partial charge in [-0.05, 0) is 29.7 Å². The van der Waals surface area contributed by atoms with Gasteiger partial charge in [0.05, 0.1) is 11.6 Å². The van der Waals surface area contributed by atoms with Gasteiger partial charge in [-0.1, -0.05) is 30.3 Å². The summed E-state index contributed by atoms with van der Waals surface area (Å²) in [6.45, 7) is 0.490. The molecule has 160 valence electrons. The van der Waals surface area contributed by atoms with Crippen LogP contribution in [-0.4, -0.2) is 45.7 Å². The lowest BCUT2D eigenvalue weighted by Crippen LogP contribution is -2.69. The molecule has 0 aliphatic carbocycles. The zero-order valence-electron chi connectivity index (χ0n) is 17.2. The Morgan fingerprint density at radius 2 is 1.84 bits per heavy atom. The molecule has 1 aromatic carbocycles. The van der Waals surface area contributed by atoms with E-state index >= 15 is 0 Å². The molecule has 9 heteroatoms. The van der Waals surface area contributed by atoms with E-state index in [1.165, 1.54) is 11.4 Å². The number of nitrogens with zero attached hydrogens (tertiary/aromatic N) is 4. The van der Waals surface area contributed by atoms with Gasteiger partial charge in [-0.15, -0.1) is 0 Å². The first kappa shape index (κ1) is 18.7. The number of barbiturate groups is 1. The number of benzene rings is 1. The van der Waals surface area contributed by atoms with Gasteiger partial charge in [0.15, 0.2) is 5.41 Å². The number of rotatable bonds is 0. The molecule has 1 N–H and O–H groups in total. The summed E-state index contributed by atoms with van der Waals surface area (Å²) in [7, 11) is 1.35. The van der Waals surface area contributed by atoms with Crippen LogP contribution in [0.15, 0.2) is 53.5 Å². The summed E-state index contributed by atoms with van der Waals surface area (Å²) in [4.78, 5) is 60.4. The van der Waals surface area contributed by atoms with E-state index in [0.29, 0.717) is 30.0 Å². The van der Waals surface area contributed by atoms with Crippen molar-refractivity contribution in [2.24, 2.45) is 5.41 Å². The van der Waals surface area contributed by atoms with E-state index in [2.05, 4.69) is 5.32 Å². The van der Waals surface area contributed by atoms with Gasteiger partial charge in [-0.2, -0.15) is 0 Å². The van der Waals surface area contributed by atoms with Gasteiger partial charge in [0.25, 0.3) is 5.56 Å². The van der Waals surface area contributed by atoms with E-state index in [4.69, 9.17) is 4.98 Å². The highest BCUT2D eigenvalue weighted by molar-refractivity contribution is 6.20. The van der Waals surface area contributed by atoms with E-state index in [1.54, 1.807) is 24.4 Å². The van der Waals surface area contributed by atoms with Crippen molar-refractivity contribution in [3.63, 3.8) is 0 Å². The molecule has 3 aromatic rings. The van der Waals surface area contributed by atoms with Crippen molar-refractivity contribution in [1.29, 1.82) is 0 Å². The Morgan fingerprint density at radius 1 is 1.06 bits per heavy atom. The monoisotopic (exact) mass is 429 g/mol. The largest absolute Gasteiger partial charge is 0.347 e. The standard InChI is InChI=1S/C23H19N5O4/c1-26-21(31)23(20(30)25-22(26)32)12-15-18(24-16-8-4-5-10-27(16)19(15)29)28-11-9-13-6-2-3-7-14(13)17(23)28/h2-8,10,17H,9,11-12H2,1H3,(H,25,30,32)/t17-,23+/m0/s1. The van der Waals surface area contributed by atoms with Crippen LogP contribution in [0, 0.1) is 5.41 Å². The Kier molecular flexibility index (Phi) is 3.66. The summed E-state index contributed by atoms with van der Waals surface area (Å²) < 4.78 is 1.42. The maximum atomic E-state index is 13.7. The average Bonchev–Trinajstić information content (AvgIpc) is 2.81. The Balaban J connectivity index is 1.69. The quantitative estimate of drug-likeness (QED) is 0.536. The molecular weight excluding hydrogens is 410 g/mol. The smallest absolute Gasteiger partial charge is 0.330 e. The van der Waals surface area contributed by atoms with Crippen LogP contribution >= 0.6 is 0 Å². The highest BCUT2D eigenvalue weighted by Crippen LogP contribution is 2.52. The average molecular weight is 429 g/mol. The molecule has 1 saturated heterocycles. The Morgan fingerprint density at radius 3 is 2.69 bits per heavy atom. The third kappa shape index (κ3) is 2.20. The number of urea groups is 1. The number of hydrogen-bond donors (Lipinski definition) is 1. The maximum Gasteiger partial charge on any atom is 0.330 e. The Labute approximate surface area is 182 Å². The summed E-state index contributed by atoms with van der Waals surface area (Å²) in [5.74, 6) is -0.798. The first-order valence-electron chi connectivity index (χ1n) is 10.4. The van der Waals surface area contributed by atoms with Crippen molar-refractivity contribution in [2.75, 3.05) is 18.5 Å². The fourth-order valence-electron chi connectivity index (χ4n) is 5.39. The molecule has 2 aromatic heterocycles. The van der Waals surface area contributed by atoms with E-state index in [1.807, 2.05) is 29.2 Å². The zero-order chi connectivity index (χ0) is 22.2. The van der Waals surface area contributed by atoms with Gasteiger partial charge in [-0.25, -0.2) is 9.78 Å². The van der Waals surface area contributed by atoms with E-state index in [9.17, 15) is 19.2 Å². The highest BCUT2D eigenvalue weighted by atomic mass is 16.2. The number of fused-ring (bicyclic) bond motifs is 7. The highest BCUT2D eigenvalue weighted by Gasteiger charge is 2.63. The van der Waals surface area contributed by atoms with E-state index < -0.39 is 29.3 Å². The van der Waals surface area contributed by atoms with Crippen molar-refractivity contribution in [2.45, 2.75) is 18.9 Å². The maximum absolute atomic E-state index is 13.7. The molecule has 0 saturated carbocycles. The second kappa shape index (κ2) is 6.25. The SMILES string of the molecule is CN1C(=O)NC(=O)[C@]2(Cc3c(nc4ccccn4c3=O)N3CCc4ccccc4[C@H]32)C1=O. The first-order chi connectivity index (χ1) is 15.4. The number of carbonyl (C=O) groups excluding carboxylic acids is 3. The normalized spacial score (nSPS) is 24.3. The lowest BCUT2D eigenvalue weighted by atomic mass is 9.65. The molecule has 0 radical (unpaired) electrons. The summed E-state index contributed by atoms with van der Waals surface area (Å²) in [5, 5.41) is 2.34. The molecular formula is C23H19N5O4. The molecule has 3 aliphatic rings. The van der Waals surface area contributed by atoms with Crippen LogP contribution in [0.25, 0.3) is 5.65 Å². The van der Waals surface area contributed by atoms with Crippen LogP contribution in [0.3, 0.4) is 0 Å². The minimum atomic E-state index is -1.66. The zero-order valence-corrected chi connectivity index (χ0v) is 17.2. The van der Waals surface area contributed by atoms with Crippen LogP contribution in [0.1, 0.15) is 22.7 Å². The van der Waals surface area contributed by atoms with Crippen molar-refractivity contribution in [3.8, 4) is 0 Å². The molecule has 6 rings (SSSR count). The summed E-state index contributed by atoms with van der Waals surface area (Å²) in [6, 6.07) is 11.5.